The molecule has 1 aliphatic carbocycles. The van der Waals surface area contributed by atoms with Crippen molar-refractivity contribution in [1.82, 2.24) is 9.55 Å². The van der Waals surface area contributed by atoms with Crippen molar-refractivity contribution in [3.05, 3.63) is 86.6 Å². The number of aromatic nitrogens is 2. The zero-order chi connectivity index (χ0) is 26.5. The van der Waals surface area contributed by atoms with Gasteiger partial charge in [-0.25, -0.2) is 4.98 Å². The van der Waals surface area contributed by atoms with Crippen LogP contribution in [0.4, 0.5) is 13.2 Å². The molecule has 0 saturated heterocycles. The summed E-state index contributed by atoms with van der Waals surface area (Å²) in [5.41, 5.74) is 0.992. The molecule has 37 heavy (non-hydrogen) atoms. The van der Waals surface area contributed by atoms with E-state index in [1.165, 1.54) is 40.2 Å². The predicted molar refractivity (Wildman–Crippen MR) is 137 cm³/mol. The van der Waals surface area contributed by atoms with Gasteiger partial charge in [-0.05, 0) is 42.2 Å². The number of Topliss-reactive ketones (excluding diaryl/α,β-unsaturated/α-hetero) is 1. The van der Waals surface area contributed by atoms with Gasteiger partial charge in [-0.1, -0.05) is 49.7 Å². The summed E-state index contributed by atoms with van der Waals surface area (Å²) in [5, 5.41) is 2.68. The van der Waals surface area contributed by atoms with E-state index in [1.54, 1.807) is 29.6 Å². The quantitative estimate of drug-likeness (QED) is 0.270. The minimum atomic E-state index is -4.96. The summed E-state index contributed by atoms with van der Waals surface area (Å²) in [6, 6.07) is 14.0. The van der Waals surface area contributed by atoms with Crippen molar-refractivity contribution in [2.45, 2.75) is 33.1 Å². The van der Waals surface area contributed by atoms with Crippen LogP contribution in [0.1, 0.15) is 36.3 Å². The van der Waals surface area contributed by atoms with Gasteiger partial charge >= 0.3 is 6.36 Å². The molecular formula is C27H20ClF3N2O3S. The standard InChI is InChI=1S/C27H20ClF3N2O3S/c1-26(2)12-21-17(22(34)13-26)11-18(24-32-19(14-37-24)15-7-9-16(28)10-8-15)25(35)33(21)20-5-3-4-6-23(20)36-27(29,30)31/h3-11,14H,12-13H2,1-2H3. The Morgan fingerprint density at radius 3 is 2.43 bits per heavy atom. The maximum Gasteiger partial charge on any atom is 0.573 e. The highest BCUT2D eigenvalue weighted by Gasteiger charge is 2.37. The Bertz CT molecular complexity index is 1570. The second-order valence-electron chi connectivity index (χ2n) is 9.56. The minimum Gasteiger partial charge on any atom is -0.404 e. The van der Waals surface area contributed by atoms with Crippen molar-refractivity contribution < 1.29 is 22.7 Å². The van der Waals surface area contributed by atoms with Crippen LogP contribution in [0.25, 0.3) is 27.5 Å². The Hall–Kier alpha value is -3.43. The Labute approximate surface area is 219 Å². The molecule has 0 saturated carbocycles. The summed E-state index contributed by atoms with van der Waals surface area (Å²) in [6.45, 7) is 3.77. The number of ketones is 1. The lowest BCUT2D eigenvalue weighted by atomic mass is 9.75. The summed E-state index contributed by atoms with van der Waals surface area (Å²) >= 11 is 7.18. The number of carbonyl (C=O) groups is 1. The summed E-state index contributed by atoms with van der Waals surface area (Å²) in [5.74, 6) is -0.724. The summed E-state index contributed by atoms with van der Waals surface area (Å²) in [4.78, 5) is 31.7. The number of nitrogens with zero attached hydrogens (tertiary/aromatic N) is 2. The van der Waals surface area contributed by atoms with E-state index in [4.69, 9.17) is 11.6 Å². The first kappa shape index (κ1) is 25.2. The van der Waals surface area contributed by atoms with E-state index in [0.29, 0.717) is 33.4 Å². The molecule has 0 aliphatic heterocycles. The van der Waals surface area contributed by atoms with E-state index >= 15 is 0 Å². The van der Waals surface area contributed by atoms with E-state index in [1.807, 2.05) is 13.8 Å². The Kier molecular flexibility index (Phi) is 6.24. The predicted octanol–water partition coefficient (Wildman–Crippen LogP) is 7.34. The van der Waals surface area contributed by atoms with Gasteiger partial charge in [0.25, 0.3) is 5.56 Å². The lowest BCUT2D eigenvalue weighted by Crippen LogP contribution is -2.35. The smallest absolute Gasteiger partial charge is 0.404 e. The van der Waals surface area contributed by atoms with Gasteiger partial charge in [0.05, 0.1) is 16.9 Å². The summed E-state index contributed by atoms with van der Waals surface area (Å²) < 4.78 is 45.1. The van der Waals surface area contributed by atoms with Crippen molar-refractivity contribution in [1.29, 1.82) is 0 Å². The largest absolute Gasteiger partial charge is 0.573 e. The number of carbonyl (C=O) groups excluding carboxylic acids is 1. The Morgan fingerprint density at radius 1 is 1.03 bits per heavy atom. The third-order valence-corrected chi connectivity index (χ3v) is 7.22. The number of ether oxygens (including phenoxy) is 1. The Morgan fingerprint density at radius 2 is 1.73 bits per heavy atom. The summed E-state index contributed by atoms with van der Waals surface area (Å²) in [6.07, 6.45) is -4.40. The van der Waals surface area contributed by atoms with Gasteiger partial charge in [0.15, 0.2) is 11.5 Å². The molecule has 4 aromatic rings. The Balaban J connectivity index is 1.74. The van der Waals surface area contributed by atoms with Crippen LogP contribution in [0.5, 0.6) is 5.75 Å². The molecule has 2 aromatic carbocycles. The third kappa shape index (κ3) is 5.06. The lowest BCUT2D eigenvalue weighted by molar-refractivity contribution is -0.274. The van der Waals surface area contributed by atoms with E-state index in [-0.39, 0.29) is 23.5 Å². The number of fused-ring (bicyclic) bond motifs is 1. The fourth-order valence-corrected chi connectivity index (χ4v) is 5.49. The van der Waals surface area contributed by atoms with E-state index in [2.05, 4.69) is 9.72 Å². The van der Waals surface area contributed by atoms with Crippen LogP contribution in [-0.2, 0) is 6.42 Å². The molecule has 2 heterocycles. The van der Waals surface area contributed by atoms with Crippen molar-refractivity contribution in [3.63, 3.8) is 0 Å². The molecule has 5 nitrogen and oxygen atoms in total. The number of pyridine rings is 1. The second-order valence-corrected chi connectivity index (χ2v) is 10.9. The first-order chi connectivity index (χ1) is 17.4. The van der Waals surface area contributed by atoms with Gasteiger partial charge in [-0.15, -0.1) is 24.5 Å². The van der Waals surface area contributed by atoms with Gasteiger partial charge in [-0.2, -0.15) is 0 Å². The maximum atomic E-state index is 13.9. The molecular weight excluding hydrogens is 525 g/mol. The second kappa shape index (κ2) is 9.15. The van der Waals surface area contributed by atoms with Crippen LogP contribution < -0.4 is 10.3 Å². The molecule has 0 amide bonds. The number of thiazole rings is 1. The molecule has 2 aromatic heterocycles. The van der Waals surface area contributed by atoms with Crippen molar-refractivity contribution in [2.75, 3.05) is 0 Å². The van der Waals surface area contributed by atoms with Crippen molar-refractivity contribution in [2.24, 2.45) is 5.41 Å². The first-order valence-corrected chi connectivity index (χ1v) is 12.6. The van der Waals surface area contributed by atoms with Crippen LogP contribution in [-0.4, -0.2) is 21.7 Å². The monoisotopic (exact) mass is 544 g/mol. The lowest BCUT2D eigenvalue weighted by Gasteiger charge is -2.32. The van der Waals surface area contributed by atoms with Gasteiger partial charge in [-0.3, -0.25) is 14.2 Å². The first-order valence-electron chi connectivity index (χ1n) is 11.3. The van der Waals surface area contributed by atoms with E-state index in [0.717, 1.165) is 11.6 Å². The number of benzene rings is 2. The molecule has 0 bridgehead atoms. The van der Waals surface area contributed by atoms with Gasteiger partial charge in [0.2, 0.25) is 0 Å². The number of hydrogen-bond acceptors (Lipinski definition) is 5. The molecule has 0 atom stereocenters. The highest BCUT2D eigenvalue weighted by atomic mass is 35.5. The number of hydrogen-bond donors (Lipinski definition) is 0. The van der Waals surface area contributed by atoms with E-state index < -0.39 is 23.1 Å². The van der Waals surface area contributed by atoms with Crippen LogP contribution in [0.2, 0.25) is 5.02 Å². The average Bonchev–Trinajstić information content (AvgIpc) is 3.28. The molecule has 0 spiro atoms. The molecule has 0 unspecified atom stereocenters. The number of halogens is 4. The van der Waals surface area contributed by atoms with Crippen molar-refractivity contribution in [3.8, 4) is 33.3 Å². The SMILES string of the molecule is CC1(C)CC(=O)c2cc(-c3nc(-c4ccc(Cl)cc4)cs3)c(=O)n(-c3ccccc3OC(F)(F)F)c2C1. The molecule has 1 aliphatic rings. The minimum absolute atomic E-state index is 0.0945. The third-order valence-electron chi connectivity index (χ3n) is 6.09. The van der Waals surface area contributed by atoms with Gasteiger partial charge in [0.1, 0.15) is 5.01 Å². The fourth-order valence-electron chi connectivity index (χ4n) is 4.53. The maximum absolute atomic E-state index is 13.9. The zero-order valence-corrected chi connectivity index (χ0v) is 21.3. The molecule has 0 fully saturated rings. The molecule has 10 heteroatoms. The van der Waals surface area contributed by atoms with Crippen LogP contribution in [0.15, 0.2) is 64.8 Å². The summed E-state index contributed by atoms with van der Waals surface area (Å²) in [7, 11) is 0. The molecule has 190 valence electrons. The van der Waals surface area contributed by atoms with Crippen LogP contribution >= 0.6 is 22.9 Å². The van der Waals surface area contributed by atoms with Crippen LogP contribution in [0, 0.1) is 5.41 Å². The molecule has 0 N–H and O–H groups in total. The fraction of sp³-hybridized carbons (Fsp3) is 0.222. The van der Waals surface area contributed by atoms with Crippen molar-refractivity contribution >= 4 is 28.7 Å². The van der Waals surface area contributed by atoms with Crippen LogP contribution in [0.3, 0.4) is 0 Å². The van der Waals surface area contributed by atoms with E-state index in [9.17, 15) is 22.8 Å². The highest BCUT2D eigenvalue weighted by molar-refractivity contribution is 7.13. The highest BCUT2D eigenvalue weighted by Crippen LogP contribution is 2.39. The molecule has 0 radical (unpaired) electrons. The normalized spacial score (nSPS) is 14.9. The van der Waals surface area contributed by atoms with Gasteiger partial charge in [0, 0.05) is 33.6 Å². The number of para-hydroxylation sites is 2. The molecule has 5 rings (SSSR count). The number of rotatable bonds is 4. The average molecular weight is 545 g/mol. The topological polar surface area (TPSA) is 61.2 Å². The zero-order valence-electron chi connectivity index (χ0n) is 19.7. The number of alkyl halides is 3. The van der Waals surface area contributed by atoms with Gasteiger partial charge < -0.3 is 4.74 Å².